The van der Waals surface area contributed by atoms with Gasteiger partial charge in [-0.25, -0.2) is 0 Å². The van der Waals surface area contributed by atoms with Gasteiger partial charge in [0.15, 0.2) is 5.75 Å². The predicted octanol–water partition coefficient (Wildman–Crippen LogP) is 1.64. The number of hydrogen-bond donors (Lipinski definition) is 2. The van der Waals surface area contributed by atoms with Gasteiger partial charge in [0.25, 0.3) is 0 Å². The molecule has 0 heterocycles. The van der Waals surface area contributed by atoms with Gasteiger partial charge in [0.2, 0.25) is 5.91 Å². The van der Waals surface area contributed by atoms with E-state index in [4.69, 9.17) is 22.1 Å². The van der Waals surface area contributed by atoms with Crippen LogP contribution >= 0.6 is 11.6 Å². The number of rotatable bonds is 4. The number of nitrogens with one attached hydrogen (secondary N) is 1. The molecule has 0 aliphatic carbocycles. The zero-order valence-electron chi connectivity index (χ0n) is 8.42. The first kappa shape index (κ1) is 11.8. The van der Waals surface area contributed by atoms with Crippen molar-refractivity contribution in [3.63, 3.8) is 0 Å². The summed E-state index contributed by atoms with van der Waals surface area (Å²) < 4.78 is 5.08. The van der Waals surface area contributed by atoms with Crippen LogP contribution in [0.1, 0.15) is 6.42 Å². The molecule has 5 heteroatoms. The van der Waals surface area contributed by atoms with Gasteiger partial charge in [0.1, 0.15) is 0 Å². The van der Waals surface area contributed by atoms with E-state index >= 15 is 0 Å². The number of amides is 1. The Labute approximate surface area is 93.4 Å². The highest BCUT2D eigenvalue weighted by Gasteiger charge is 2.09. The van der Waals surface area contributed by atoms with Gasteiger partial charge in [-0.05, 0) is 12.1 Å². The zero-order valence-corrected chi connectivity index (χ0v) is 9.17. The molecule has 0 radical (unpaired) electrons. The number of nitrogens with two attached hydrogens (primary N) is 1. The Morgan fingerprint density at radius 2 is 2.33 bits per heavy atom. The number of halogens is 1. The van der Waals surface area contributed by atoms with Crippen LogP contribution in [0.5, 0.6) is 5.75 Å². The summed E-state index contributed by atoms with van der Waals surface area (Å²) in [5, 5.41) is 3.14. The molecule has 1 amide bonds. The van der Waals surface area contributed by atoms with Crippen LogP contribution in [0.25, 0.3) is 0 Å². The lowest BCUT2D eigenvalue weighted by atomic mass is 10.2. The van der Waals surface area contributed by atoms with Crippen molar-refractivity contribution in [2.45, 2.75) is 6.42 Å². The van der Waals surface area contributed by atoms with Crippen LogP contribution in [0.15, 0.2) is 18.2 Å². The Balaban J connectivity index is 2.84. The maximum absolute atomic E-state index is 11.3. The molecule has 82 valence electrons. The normalized spacial score (nSPS) is 9.80. The van der Waals surface area contributed by atoms with Crippen molar-refractivity contribution in [1.29, 1.82) is 0 Å². The molecular formula is C10H13ClN2O2. The van der Waals surface area contributed by atoms with Gasteiger partial charge in [-0.3, -0.25) is 4.79 Å². The van der Waals surface area contributed by atoms with Crippen LogP contribution in [0.2, 0.25) is 5.02 Å². The van der Waals surface area contributed by atoms with E-state index in [1.807, 2.05) is 0 Å². The van der Waals surface area contributed by atoms with Crippen LogP contribution in [0.3, 0.4) is 0 Å². The molecular weight excluding hydrogens is 216 g/mol. The average molecular weight is 229 g/mol. The molecule has 0 saturated carbocycles. The molecule has 1 aromatic rings. The van der Waals surface area contributed by atoms with E-state index in [0.29, 0.717) is 23.0 Å². The van der Waals surface area contributed by atoms with Gasteiger partial charge in [-0.1, -0.05) is 17.7 Å². The SMILES string of the molecule is COc1c(Cl)cccc1NC(=O)CCN. The number of ether oxygens (including phenoxy) is 1. The first-order chi connectivity index (χ1) is 7.19. The lowest BCUT2D eigenvalue weighted by molar-refractivity contribution is -0.116. The highest BCUT2D eigenvalue weighted by atomic mass is 35.5. The second kappa shape index (κ2) is 5.58. The molecule has 1 rings (SSSR count). The third kappa shape index (κ3) is 3.11. The highest BCUT2D eigenvalue weighted by Crippen LogP contribution is 2.32. The standard InChI is InChI=1S/C10H13ClN2O2/c1-15-10-7(11)3-2-4-8(10)13-9(14)5-6-12/h2-4H,5-6,12H2,1H3,(H,13,14). The van der Waals surface area contributed by atoms with Gasteiger partial charge in [-0.2, -0.15) is 0 Å². The lowest BCUT2D eigenvalue weighted by Gasteiger charge is -2.10. The molecule has 3 N–H and O–H groups in total. The van der Waals surface area contributed by atoms with Gasteiger partial charge in [0.05, 0.1) is 17.8 Å². The fraction of sp³-hybridized carbons (Fsp3) is 0.300. The third-order valence-electron chi connectivity index (χ3n) is 1.82. The Morgan fingerprint density at radius 3 is 2.93 bits per heavy atom. The quantitative estimate of drug-likeness (QED) is 0.824. The fourth-order valence-corrected chi connectivity index (χ4v) is 1.41. The summed E-state index contributed by atoms with van der Waals surface area (Å²) in [5.74, 6) is 0.308. The van der Waals surface area contributed by atoms with Crippen LogP contribution in [0.4, 0.5) is 5.69 Å². The Hall–Kier alpha value is -1.26. The maximum Gasteiger partial charge on any atom is 0.225 e. The number of anilines is 1. The first-order valence-corrected chi connectivity index (χ1v) is 4.89. The molecule has 15 heavy (non-hydrogen) atoms. The minimum atomic E-state index is -0.155. The highest BCUT2D eigenvalue weighted by molar-refractivity contribution is 6.32. The van der Waals surface area contributed by atoms with E-state index in [9.17, 15) is 4.79 Å². The van der Waals surface area contributed by atoms with Gasteiger partial charge in [0, 0.05) is 13.0 Å². The maximum atomic E-state index is 11.3. The Kier molecular flexibility index (Phi) is 4.39. The van der Waals surface area contributed by atoms with E-state index in [-0.39, 0.29) is 12.3 Å². The van der Waals surface area contributed by atoms with E-state index in [0.717, 1.165) is 0 Å². The number of carbonyl (C=O) groups is 1. The van der Waals surface area contributed by atoms with Crippen molar-refractivity contribution in [2.75, 3.05) is 19.0 Å². The summed E-state index contributed by atoms with van der Waals surface area (Å²) >= 11 is 5.89. The number of carbonyl (C=O) groups excluding carboxylic acids is 1. The molecule has 0 spiro atoms. The van der Waals surface area contributed by atoms with Crippen molar-refractivity contribution in [1.82, 2.24) is 0 Å². The molecule has 0 bridgehead atoms. The largest absolute Gasteiger partial charge is 0.493 e. The topological polar surface area (TPSA) is 64.3 Å². The van der Waals surface area contributed by atoms with E-state index < -0.39 is 0 Å². The Bertz CT molecular complexity index is 355. The summed E-state index contributed by atoms with van der Waals surface area (Å²) in [7, 11) is 1.50. The molecule has 0 aliphatic rings. The third-order valence-corrected chi connectivity index (χ3v) is 2.11. The molecule has 4 nitrogen and oxygen atoms in total. The van der Waals surface area contributed by atoms with Gasteiger partial charge < -0.3 is 15.8 Å². The second-order valence-corrected chi connectivity index (χ2v) is 3.31. The minimum absolute atomic E-state index is 0.155. The predicted molar refractivity (Wildman–Crippen MR) is 60.3 cm³/mol. The zero-order chi connectivity index (χ0) is 11.3. The summed E-state index contributed by atoms with van der Waals surface area (Å²) in [6.07, 6.45) is 0.273. The van der Waals surface area contributed by atoms with Crippen LogP contribution in [-0.2, 0) is 4.79 Å². The van der Waals surface area contributed by atoms with Crippen molar-refractivity contribution in [3.05, 3.63) is 23.2 Å². The molecule has 0 fully saturated rings. The Morgan fingerprint density at radius 1 is 1.60 bits per heavy atom. The molecule has 0 atom stereocenters. The van der Waals surface area contributed by atoms with Gasteiger partial charge in [-0.15, -0.1) is 0 Å². The summed E-state index contributed by atoms with van der Waals surface area (Å²) in [4.78, 5) is 11.3. The molecule has 0 unspecified atom stereocenters. The van der Waals surface area contributed by atoms with E-state index in [1.165, 1.54) is 7.11 Å². The number of methoxy groups -OCH3 is 1. The van der Waals surface area contributed by atoms with Crippen LogP contribution < -0.4 is 15.8 Å². The molecule has 0 saturated heterocycles. The summed E-state index contributed by atoms with van der Waals surface area (Å²) in [5.41, 5.74) is 5.82. The number of benzene rings is 1. The van der Waals surface area contributed by atoms with Crippen LogP contribution in [0, 0.1) is 0 Å². The van der Waals surface area contributed by atoms with Crippen molar-refractivity contribution >= 4 is 23.2 Å². The molecule has 0 aliphatic heterocycles. The molecule has 0 aromatic heterocycles. The molecule has 1 aromatic carbocycles. The fourth-order valence-electron chi connectivity index (χ4n) is 1.16. The van der Waals surface area contributed by atoms with Crippen molar-refractivity contribution in [2.24, 2.45) is 5.73 Å². The first-order valence-electron chi connectivity index (χ1n) is 4.51. The van der Waals surface area contributed by atoms with E-state index in [1.54, 1.807) is 18.2 Å². The smallest absolute Gasteiger partial charge is 0.225 e. The lowest BCUT2D eigenvalue weighted by Crippen LogP contribution is -2.16. The van der Waals surface area contributed by atoms with Crippen molar-refractivity contribution < 1.29 is 9.53 Å². The summed E-state index contributed by atoms with van der Waals surface area (Å²) in [6, 6.07) is 5.15. The second-order valence-electron chi connectivity index (χ2n) is 2.91. The number of hydrogen-bond acceptors (Lipinski definition) is 3. The number of para-hydroxylation sites is 1. The van der Waals surface area contributed by atoms with Gasteiger partial charge >= 0.3 is 0 Å². The average Bonchev–Trinajstić information content (AvgIpc) is 2.18. The van der Waals surface area contributed by atoms with Crippen molar-refractivity contribution in [3.8, 4) is 5.75 Å². The van der Waals surface area contributed by atoms with Crippen LogP contribution in [-0.4, -0.2) is 19.6 Å². The van der Waals surface area contributed by atoms with E-state index in [2.05, 4.69) is 5.32 Å². The minimum Gasteiger partial charge on any atom is -0.493 e. The monoisotopic (exact) mass is 228 g/mol. The summed E-state index contributed by atoms with van der Waals surface area (Å²) in [6.45, 7) is 0.314.